The maximum atomic E-state index is 11.1. The molecule has 0 bridgehead atoms. The first-order chi connectivity index (χ1) is 10.0. The van der Waals surface area contributed by atoms with E-state index in [0.717, 1.165) is 0 Å². The second-order valence-electron chi connectivity index (χ2n) is 4.51. The zero-order valence-corrected chi connectivity index (χ0v) is 11.9. The van der Waals surface area contributed by atoms with E-state index >= 15 is 0 Å². The Morgan fingerprint density at radius 2 is 2.10 bits per heavy atom. The molecular weight excluding hydrogens is 274 g/mol. The summed E-state index contributed by atoms with van der Waals surface area (Å²) in [6.07, 6.45) is 4.21. The van der Waals surface area contributed by atoms with Crippen molar-refractivity contribution in [3.8, 4) is 17.0 Å². The molecule has 0 aliphatic heterocycles. The molecule has 1 N–H and O–H groups in total. The van der Waals surface area contributed by atoms with E-state index in [2.05, 4.69) is 20.3 Å². The number of pyridine rings is 1. The van der Waals surface area contributed by atoms with Crippen molar-refractivity contribution in [2.45, 2.75) is 20.0 Å². The number of nitrogens with zero attached hydrogens (tertiary/aromatic N) is 4. The molecule has 0 unspecified atom stereocenters. The van der Waals surface area contributed by atoms with Gasteiger partial charge >= 0.3 is 5.69 Å². The first-order valence-electron chi connectivity index (χ1n) is 6.32. The molecule has 8 nitrogen and oxygen atoms in total. The standard InChI is InChI=1S/C13H15N5O3/c1-8(2)21-10-4-9(5-15-6-10)12-11(18(19)20)7-16-13(14-3)17-12/h4-8H,1-3H3,(H,14,16,17). The summed E-state index contributed by atoms with van der Waals surface area (Å²) in [6.45, 7) is 3.78. The van der Waals surface area contributed by atoms with Crippen molar-refractivity contribution in [2.24, 2.45) is 0 Å². The van der Waals surface area contributed by atoms with Gasteiger partial charge in [-0.05, 0) is 19.9 Å². The van der Waals surface area contributed by atoms with E-state index in [4.69, 9.17) is 4.74 Å². The summed E-state index contributed by atoms with van der Waals surface area (Å²) >= 11 is 0. The summed E-state index contributed by atoms with van der Waals surface area (Å²) in [5.41, 5.74) is 0.511. The van der Waals surface area contributed by atoms with Gasteiger partial charge in [-0.15, -0.1) is 0 Å². The zero-order chi connectivity index (χ0) is 15.4. The predicted octanol–water partition coefficient (Wildman–Crippen LogP) is 2.28. The molecule has 2 aromatic rings. The Hall–Kier alpha value is -2.77. The normalized spacial score (nSPS) is 10.5. The largest absolute Gasteiger partial charge is 0.489 e. The Kier molecular flexibility index (Phi) is 4.27. The SMILES string of the molecule is CNc1ncc([N+](=O)[O-])c(-c2cncc(OC(C)C)c2)n1. The maximum Gasteiger partial charge on any atom is 0.313 e. The fourth-order valence-corrected chi connectivity index (χ4v) is 1.73. The lowest BCUT2D eigenvalue weighted by molar-refractivity contribution is -0.384. The van der Waals surface area contributed by atoms with E-state index in [1.54, 1.807) is 19.3 Å². The topological polar surface area (TPSA) is 103 Å². The number of ether oxygens (including phenoxy) is 1. The highest BCUT2D eigenvalue weighted by Gasteiger charge is 2.19. The van der Waals surface area contributed by atoms with Crippen LogP contribution in [0.3, 0.4) is 0 Å². The van der Waals surface area contributed by atoms with E-state index in [0.29, 0.717) is 17.3 Å². The Bertz CT molecular complexity index is 660. The van der Waals surface area contributed by atoms with Gasteiger partial charge in [-0.25, -0.2) is 9.97 Å². The highest BCUT2D eigenvalue weighted by molar-refractivity contribution is 5.70. The van der Waals surface area contributed by atoms with Crippen LogP contribution >= 0.6 is 0 Å². The molecule has 2 heterocycles. The summed E-state index contributed by atoms with van der Waals surface area (Å²) in [5.74, 6) is 0.826. The minimum Gasteiger partial charge on any atom is -0.489 e. The molecule has 0 amide bonds. The molecule has 0 radical (unpaired) electrons. The molecule has 0 aromatic carbocycles. The molecule has 2 rings (SSSR count). The molecule has 110 valence electrons. The predicted molar refractivity (Wildman–Crippen MR) is 77.2 cm³/mol. The van der Waals surface area contributed by atoms with Crippen LogP contribution in [0.4, 0.5) is 11.6 Å². The molecule has 21 heavy (non-hydrogen) atoms. The van der Waals surface area contributed by atoms with E-state index in [9.17, 15) is 10.1 Å². The molecule has 0 fully saturated rings. The molecule has 8 heteroatoms. The lowest BCUT2D eigenvalue weighted by atomic mass is 10.2. The first-order valence-corrected chi connectivity index (χ1v) is 6.32. The van der Waals surface area contributed by atoms with Crippen molar-refractivity contribution in [3.63, 3.8) is 0 Å². The maximum absolute atomic E-state index is 11.1. The van der Waals surface area contributed by atoms with Crippen molar-refractivity contribution in [3.05, 3.63) is 34.8 Å². The Balaban J connectivity index is 2.51. The van der Waals surface area contributed by atoms with Crippen LogP contribution < -0.4 is 10.1 Å². The third-order valence-electron chi connectivity index (χ3n) is 2.55. The van der Waals surface area contributed by atoms with Crippen LogP contribution in [0.2, 0.25) is 0 Å². The van der Waals surface area contributed by atoms with Gasteiger partial charge in [0.25, 0.3) is 0 Å². The van der Waals surface area contributed by atoms with E-state index < -0.39 is 4.92 Å². The molecule has 0 aliphatic carbocycles. The lowest BCUT2D eigenvalue weighted by Crippen LogP contribution is -2.06. The molecular formula is C13H15N5O3. The van der Waals surface area contributed by atoms with Gasteiger partial charge in [0.15, 0.2) is 5.69 Å². The first kappa shape index (κ1) is 14.6. The second-order valence-corrected chi connectivity index (χ2v) is 4.51. The van der Waals surface area contributed by atoms with Gasteiger partial charge in [-0.2, -0.15) is 0 Å². The van der Waals surface area contributed by atoms with Crippen LogP contribution in [0.5, 0.6) is 5.75 Å². The van der Waals surface area contributed by atoms with Crippen LogP contribution in [0.25, 0.3) is 11.3 Å². The van der Waals surface area contributed by atoms with Crippen molar-refractivity contribution in [2.75, 3.05) is 12.4 Å². The molecule has 0 atom stereocenters. The van der Waals surface area contributed by atoms with E-state index in [1.165, 1.54) is 12.4 Å². The number of hydrogen-bond donors (Lipinski definition) is 1. The zero-order valence-electron chi connectivity index (χ0n) is 11.9. The van der Waals surface area contributed by atoms with E-state index in [1.807, 2.05) is 13.8 Å². The fourth-order valence-electron chi connectivity index (χ4n) is 1.73. The van der Waals surface area contributed by atoms with Gasteiger partial charge < -0.3 is 10.1 Å². The number of aromatic nitrogens is 3. The van der Waals surface area contributed by atoms with E-state index in [-0.39, 0.29) is 17.5 Å². The number of nitro groups is 1. The number of anilines is 1. The Morgan fingerprint density at radius 3 is 2.71 bits per heavy atom. The molecule has 0 spiro atoms. The Morgan fingerprint density at radius 1 is 1.33 bits per heavy atom. The van der Waals surface area contributed by atoms with Gasteiger partial charge in [-0.3, -0.25) is 15.1 Å². The minimum absolute atomic E-state index is 0.0182. The van der Waals surface area contributed by atoms with Gasteiger partial charge in [-0.1, -0.05) is 0 Å². The summed E-state index contributed by atoms with van der Waals surface area (Å²) in [7, 11) is 1.64. The van der Waals surface area contributed by atoms with Crippen molar-refractivity contribution < 1.29 is 9.66 Å². The third-order valence-corrected chi connectivity index (χ3v) is 2.55. The van der Waals surface area contributed by atoms with Gasteiger partial charge in [0.1, 0.15) is 11.9 Å². The fraction of sp³-hybridized carbons (Fsp3) is 0.308. The molecule has 2 aromatic heterocycles. The Labute approximate surface area is 121 Å². The molecule has 0 saturated carbocycles. The van der Waals surface area contributed by atoms with Crippen LogP contribution in [0, 0.1) is 10.1 Å². The van der Waals surface area contributed by atoms with Crippen LogP contribution in [-0.4, -0.2) is 33.0 Å². The summed E-state index contributed by atoms with van der Waals surface area (Å²) in [4.78, 5) is 22.6. The van der Waals surface area contributed by atoms with Crippen molar-refractivity contribution >= 4 is 11.6 Å². The van der Waals surface area contributed by atoms with Gasteiger partial charge in [0.2, 0.25) is 5.95 Å². The number of hydrogen-bond acceptors (Lipinski definition) is 7. The second kappa shape index (κ2) is 6.12. The number of rotatable bonds is 5. The average molecular weight is 289 g/mol. The minimum atomic E-state index is -0.523. The highest BCUT2D eigenvalue weighted by Crippen LogP contribution is 2.29. The average Bonchev–Trinajstić information content (AvgIpc) is 2.46. The summed E-state index contributed by atoms with van der Waals surface area (Å²) in [6, 6.07) is 1.67. The van der Waals surface area contributed by atoms with Crippen LogP contribution in [0.15, 0.2) is 24.7 Å². The molecule has 0 saturated heterocycles. The summed E-state index contributed by atoms with van der Waals surface area (Å²) < 4.78 is 5.54. The summed E-state index contributed by atoms with van der Waals surface area (Å²) in [5, 5.41) is 13.9. The highest BCUT2D eigenvalue weighted by atomic mass is 16.6. The van der Waals surface area contributed by atoms with Gasteiger partial charge in [0.05, 0.1) is 17.2 Å². The van der Waals surface area contributed by atoms with Crippen LogP contribution in [0.1, 0.15) is 13.8 Å². The van der Waals surface area contributed by atoms with Crippen LogP contribution in [-0.2, 0) is 0 Å². The lowest BCUT2D eigenvalue weighted by Gasteiger charge is -2.10. The van der Waals surface area contributed by atoms with Gasteiger partial charge in [0, 0.05) is 18.8 Å². The monoisotopic (exact) mass is 289 g/mol. The third kappa shape index (κ3) is 3.41. The van der Waals surface area contributed by atoms with Crippen molar-refractivity contribution in [1.82, 2.24) is 15.0 Å². The quantitative estimate of drug-likeness (QED) is 0.665. The molecule has 0 aliphatic rings. The van der Waals surface area contributed by atoms with Crippen molar-refractivity contribution in [1.29, 1.82) is 0 Å². The number of nitrogens with one attached hydrogen (secondary N) is 1. The smallest absolute Gasteiger partial charge is 0.313 e.